The van der Waals surface area contributed by atoms with Gasteiger partial charge in [-0.25, -0.2) is 4.79 Å². The minimum atomic E-state index is -0.739. The second-order valence-corrected chi connectivity index (χ2v) is 7.52. The van der Waals surface area contributed by atoms with E-state index in [0.29, 0.717) is 26.2 Å². The number of halogens is 3. The number of esters is 1. The fourth-order valence-electron chi connectivity index (χ4n) is 2.74. The van der Waals surface area contributed by atoms with Crippen LogP contribution in [0.25, 0.3) is 0 Å². The molecule has 0 atom stereocenters. The maximum Gasteiger partial charge on any atom is 0.344 e. The van der Waals surface area contributed by atoms with Crippen LogP contribution in [0.1, 0.15) is 10.6 Å². The highest BCUT2D eigenvalue weighted by molar-refractivity contribution is 6.43. The highest BCUT2D eigenvalue weighted by Crippen LogP contribution is 2.33. The Labute approximate surface area is 187 Å². The van der Waals surface area contributed by atoms with Gasteiger partial charge in [-0.05, 0) is 18.2 Å². The van der Waals surface area contributed by atoms with Gasteiger partial charge < -0.3 is 23.7 Å². The molecule has 0 spiro atoms. The van der Waals surface area contributed by atoms with Crippen molar-refractivity contribution in [1.29, 1.82) is 0 Å². The molecule has 1 aliphatic rings. The van der Waals surface area contributed by atoms with E-state index < -0.39 is 19.2 Å². The lowest BCUT2D eigenvalue weighted by molar-refractivity contribution is -0.154. The third-order valence-corrected chi connectivity index (χ3v) is 5.35. The minimum absolute atomic E-state index is 0.173. The lowest BCUT2D eigenvalue weighted by atomic mass is 10.3. The quantitative estimate of drug-likeness (QED) is 0.471. The van der Waals surface area contributed by atoms with Crippen molar-refractivity contribution in [2.45, 2.75) is 0 Å². The fourth-order valence-corrected chi connectivity index (χ4v) is 3.33. The van der Waals surface area contributed by atoms with Crippen molar-refractivity contribution in [1.82, 2.24) is 9.80 Å². The average Bonchev–Trinajstić information content (AvgIpc) is 3.28. The number of ether oxygens (including phenoxy) is 2. The van der Waals surface area contributed by atoms with Gasteiger partial charge in [0.05, 0.1) is 21.3 Å². The van der Waals surface area contributed by atoms with Gasteiger partial charge in [0.15, 0.2) is 19.0 Å². The molecule has 0 saturated carbocycles. The first-order valence-corrected chi connectivity index (χ1v) is 10.0. The topological polar surface area (TPSA) is 89.3 Å². The van der Waals surface area contributed by atoms with Gasteiger partial charge >= 0.3 is 5.97 Å². The maximum absolute atomic E-state index is 12.3. The molecule has 1 aromatic carbocycles. The van der Waals surface area contributed by atoms with Gasteiger partial charge in [-0.3, -0.25) is 9.59 Å². The van der Waals surface area contributed by atoms with Crippen LogP contribution in [0.3, 0.4) is 0 Å². The van der Waals surface area contributed by atoms with Gasteiger partial charge in [0, 0.05) is 32.2 Å². The van der Waals surface area contributed by atoms with E-state index in [2.05, 4.69) is 0 Å². The van der Waals surface area contributed by atoms with Crippen LogP contribution < -0.4 is 4.74 Å². The number of amides is 2. The Hall–Kier alpha value is -2.42. The van der Waals surface area contributed by atoms with Gasteiger partial charge in [-0.1, -0.05) is 34.8 Å². The lowest BCUT2D eigenvalue weighted by Crippen LogP contribution is -2.51. The Morgan fingerprint density at radius 1 is 0.933 bits per heavy atom. The normalized spacial score (nSPS) is 13.8. The number of rotatable bonds is 6. The van der Waals surface area contributed by atoms with Crippen molar-refractivity contribution in [2.24, 2.45) is 0 Å². The molecular weight excluding hydrogens is 459 g/mol. The SMILES string of the molecule is O=C(COc1cc(Cl)c(Cl)cc1Cl)OCC(=O)N1CCN(C(=O)c2ccco2)CC1. The number of hydrogen-bond acceptors (Lipinski definition) is 6. The van der Waals surface area contributed by atoms with Crippen molar-refractivity contribution < 1.29 is 28.3 Å². The van der Waals surface area contributed by atoms with E-state index in [1.165, 1.54) is 23.3 Å². The second-order valence-electron chi connectivity index (χ2n) is 6.30. The Balaban J connectivity index is 1.40. The number of carbonyl (C=O) groups is 3. The second kappa shape index (κ2) is 10.1. The molecule has 11 heteroatoms. The Kier molecular flexibility index (Phi) is 7.47. The number of benzene rings is 1. The van der Waals surface area contributed by atoms with E-state index in [9.17, 15) is 14.4 Å². The van der Waals surface area contributed by atoms with Gasteiger partial charge in [0.2, 0.25) is 0 Å². The Morgan fingerprint density at radius 2 is 1.60 bits per heavy atom. The van der Waals surface area contributed by atoms with Crippen molar-refractivity contribution in [3.63, 3.8) is 0 Å². The standard InChI is InChI=1S/C19H17Cl3N2O6/c20-12-8-14(22)16(9-13(12)21)29-11-18(26)30-10-17(25)23-3-5-24(6-4-23)19(27)15-2-1-7-28-15/h1-2,7-9H,3-6,10-11H2. The molecule has 1 saturated heterocycles. The van der Waals surface area contributed by atoms with E-state index in [0.717, 1.165) is 0 Å². The summed E-state index contributed by atoms with van der Waals surface area (Å²) in [6.07, 6.45) is 1.43. The number of nitrogens with zero attached hydrogens (tertiary/aromatic N) is 2. The summed E-state index contributed by atoms with van der Waals surface area (Å²) in [6.45, 7) is 0.507. The van der Waals surface area contributed by atoms with Crippen LogP contribution in [0.4, 0.5) is 0 Å². The zero-order chi connectivity index (χ0) is 21.7. The summed E-state index contributed by atoms with van der Waals surface area (Å²) in [5, 5.41) is 0.674. The predicted molar refractivity (Wildman–Crippen MR) is 109 cm³/mol. The smallest absolute Gasteiger partial charge is 0.344 e. The Morgan fingerprint density at radius 3 is 2.27 bits per heavy atom. The summed E-state index contributed by atoms with van der Waals surface area (Å²) in [5.41, 5.74) is 0. The number of carbonyl (C=O) groups excluding carboxylic acids is 3. The van der Waals surface area contributed by atoms with Crippen molar-refractivity contribution in [3.8, 4) is 5.75 Å². The highest BCUT2D eigenvalue weighted by Gasteiger charge is 2.26. The molecule has 3 rings (SSSR count). The van der Waals surface area contributed by atoms with Crippen molar-refractivity contribution in [3.05, 3.63) is 51.4 Å². The molecule has 1 aromatic heterocycles. The molecular formula is C19H17Cl3N2O6. The molecule has 30 heavy (non-hydrogen) atoms. The predicted octanol–water partition coefficient (Wildman–Crippen LogP) is 3.15. The minimum Gasteiger partial charge on any atom is -0.480 e. The molecule has 160 valence electrons. The van der Waals surface area contributed by atoms with Gasteiger partial charge in [0.1, 0.15) is 5.75 Å². The lowest BCUT2D eigenvalue weighted by Gasteiger charge is -2.34. The van der Waals surface area contributed by atoms with Crippen molar-refractivity contribution >= 4 is 52.6 Å². The Bertz CT molecular complexity index is 927. The molecule has 0 radical (unpaired) electrons. The molecule has 1 aliphatic heterocycles. The molecule has 8 nitrogen and oxygen atoms in total. The summed E-state index contributed by atoms with van der Waals surface area (Å²) < 4.78 is 15.3. The van der Waals surface area contributed by atoms with E-state index in [1.54, 1.807) is 17.0 Å². The summed E-state index contributed by atoms with van der Waals surface area (Å²) in [5.74, 6) is -0.896. The summed E-state index contributed by atoms with van der Waals surface area (Å²) >= 11 is 17.7. The molecule has 2 aromatic rings. The zero-order valence-electron chi connectivity index (χ0n) is 15.6. The molecule has 1 fully saturated rings. The van der Waals surface area contributed by atoms with Crippen LogP contribution >= 0.6 is 34.8 Å². The number of piperazine rings is 1. The molecule has 2 amide bonds. The van der Waals surface area contributed by atoms with Crippen LogP contribution in [-0.4, -0.2) is 67.0 Å². The number of furan rings is 1. The van der Waals surface area contributed by atoms with Crippen LogP contribution in [0.5, 0.6) is 5.75 Å². The average molecular weight is 476 g/mol. The van der Waals surface area contributed by atoms with Crippen LogP contribution in [0, 0.1) is 0 Å². The third-order valence-electron chi connectivity index (χ3n) is 4.33. The summed E-state index contributed by atoms with van der Waals surface area (Å²) in [6, 6.07) is 6.01. The molecule has 0 bridgehead atoms. The first kappa shape index (κ1) is 22.3. The van der Waals surface area contributed by atoms with Gasteiger partial charge in [0.25, 0.3) is 11.8 Å². The van der Waals surface area contributed by atoms with E-state index in [4.69, 9.17) is 48.7 Å². The van der Waals surface area contributed by atoms with Crippen LogP contribution in [0.2, 0.25) is 15.1 Å². The molecule has 2 heterocycles. The molecule has 0 N–H and O–H groups in total. The van der Waals surface area contributed by atoms with Crippen LogP contribution in [-0.2, 0) is 14.3 Å². The summed E-state index contributed by atoms with van der Waals surface area (Å²) in [7, 11) is 0. The highest BCUT2D eigenvalue weighted by atomic mass is 35.5. The van der Waals surface area contributed by atoms with Crippen molar-refractivity contribution in [2.75, 3.05) is 39.4 Å². The maximum atomic E-state index is 12.3. The monoisotopic (exact) mass is 474 g/mol. The third kappa shape index (κ3) is 5.59. The largest absolute Gasteiger partial charge is 0.480 e. The van der Waals surface area contributed by atoms with Gasteiger partial charge in [-0.2, -0.15) is 0 Å². The first-order chi connectivity index (χ1) is 14.3. The van der Waals surface area contributed by atoms with Crippen LogP contribution in [0.15, 0.2) is 34.9 Å². The van der Waals surface area contributed by atoms with E-state index >= 15 is 0 Å². The van der Waals surface area contributed by atoms with Gasteiger partial charge in [-0.15, -0.1) is 0 Å². The van der Waals surface area contributed by atoms with E-state index in [1.807, 2.05) is 0 Å². The molecule has 0 unspecified atom stereocenters. The zero-order valence-corrected chi connectivity index (χ0v) is 17.9. The molecule has 0 aliphatic carbocycles. The number of hydrogen-bond donors (Lipinski definition) is 0. The summed E-state index contributed by atoms with van der Waals surface area (Å²) in [4.78, 5) is 39.5. The van der Waals surface area contributed by atoms with E-state index in [-0.39, 0.29) is 38.4 Å². The fraction of sp³-hybridized carbons (Fsp3) is 0.316. The first-order valence-electron chi connectivity index (χ1n) is 8.88.